The summed E-state index contributed by atoms with van der Waals surface area (Å²) in [5, 5.41) is -0.743. The van der Waals surface area contributed by atoms with Crippen molar-refractivity contribution in [3.8, 4) is 0 Å². The van der Waals surface area contributed by atoms with E-state index in [1.165, 1.54) is 6.92 Å². The zero-order chi connectivity index (χ0) is 8.36. The van der Waals surface area contributed by atoms with Gasteiger partial charge in [-0.3, -0.25) is 0 Å². The minimum atomic E-state index is -4.05. The van der Waals surface area contributed by atoms with Crippen molar-refractivity contribution in [3.63, 3.8) is 0 Å². The van der Waals surface area contributed by atoms with Crippen LogP contribution in [0.4, 0.5) is 0 Å². The minimum Gasteiger partial charge on any atom is -0.197 e. The SMILES string of the molecule is CC(C)CC(C)S([O])(=O)=O. The summed E-state index contributed by atoms with van der Waals surface area (Å²) in [6.07, 6.45) is 0.450. The Morgan fingerprint density at radius 1 is 1.20 bits per heavy atom. The van der Waals surface area contributed by atoms with Crippen molar-refractivity contribution in [2.45, 2.75) is 32.4 Å². The Hall–Kier alpha value is -0.0900. The molecule has 0 spiro atoms. The Bertz CT molecular complexity index is 181. The minimum absolute atomic E-state index is 0.263. The topological polar surface area (TPSA) is 54.0 Å². The van der Waals surface area contributed by atoms with Crippen molar-refractivity contribution in [1.29, 1.82) is 0 Å². The number of hydrogen-bond acceptors (Lipinski definition) is 2. The Labute approximate surface area is 62.2 Å². The molecule has 1 atom stereocenters. The number of hydrogen-bond donors (Lipinski definition) is 0. The summed E-state index contributed by atoms with van der Waals surface area (Å²) in [6, 6.07) is 0. The van der Waals surface area contributed by atoms with E-state index >= 15 is 0 Å². The molecule has 0 aromatic rings. The van der Waals surface area contributed by atoms with Crippen LogP contribution in [0.1, 0.15) is 27.2 Å². The van der Waals surface area contributed by atoms with Crippen molar-refractivity contribution in [2.24, 2.45) is 5.92 Å². The average molecular weight is 165 g/mol. The third kappa shape index (κ3) is 3.85. The second kappa shape index (κ2) is 3.34. The molecule has 1 radical (unpaired) electrons. The van der Waals surface area contributed by atoms with Gasteiger partial charge in [0.25, 0.3) is 10.1 Å². The largest absolute Gasteiger partial charge is 0.297 e. The van der Waals surface area contributed by atoms with Crippen LogP contribution in [0.3, 0.4) is 0 Å². The lowest BCUT2D eigenvalue weighted by atomic mass is 10.1. The molecule has 61 valence electrons. The molecule has 0 bridgehead atoms. The van der Waals surface area contributed by atoms with Gasteiger partial charge in [-0.1, -0.05) is 18.4 Å². The van der Waals surface area contributed by atoms with Crippen molar-refractivity contribution in [1.82, 2.24) is 0 Å². The maximum absolute atomic E-state index is 10.3. The van der Waals surface area contributed by atoms with E-state index in [2.05, 4.69) is 0 Å². The van der Waals surface area contributed by atoms with E-state index in [0.717, 1.165) is 0 Å². The van der Waals surface area contributed by atoms with E-state index in [4.69, 9.17) is 0 Å². The standard InChI is InChI=1S/C6H13O3S/c1-5(2)4-6(3)10(7,8)9/h5-6H,4H2,1-3H3. The summed E-state index contributed by atoms with van der Waals surface area (Å²) in [5.74, 6) is 0.263. The van der Waals surface area contributed by atoms with Crippen LogP contribution in [0.5, 0.6) is 0 Å². The van der Waals surface area contributed by atoms with E-state index in [1.54, 1.807) is 0 Å². The van der Waals surface area contributed by atoms with Crippen LogP contribution in [0.15, 0.2) is 0 Å². The lowest BCUT2D eigenvalue weighted by Crippen LogP contribution is -2.17. The molecule has 0 aliphatic carbocycles. The van der Waals surface area contributed by atoms with Crippen LogP contribution in [0, 0.1) is 5.92 Å². The Morgan fingerprint density at radius 3 is 1.70 bits per heavy atom. The monoisotopic (exact) mass is 165 g/mol. The summed E-state index contributed by atoms with van der Waals surface area (Å²) < 4.78 is 30.9. The molecule has 0 aliphatic rings. The maximum Gasteiger partial charge on any atom is 0.297 e. The summed E-state index contributed by atoms with van der Waals surface area (Å²) >= 11 is 0. The fourth-order valence-corrected chi connectivity index (χ4v) is 1.40. The van der Waals surface area contributed by atoms with Gasteiger partial charge in [-0.25, -0.2) is 0 Å². The molecule has 4 heteroatoms. The predicted molar refractivity (Wildman–Crippen MR) is 38.5 cm³/mol. The van der Waals surface area contributed by atoms with Crippen molar-refractivity contribution >= 4 is 10.1 Å². The van der Waals surface area contributed by atoms with Crippen LogP contribution in [0.2, 0.25) is 0 Å². The third-order valence-electron chi connectivity index (χ3n) is 1.30. The first-order valence-corrected chi connectivity index (χ1v) is 4.76. The van der Waals surface area contributed by atoms with Gasteiger partial charge in [-0.05, 0) is 19.3 Å². The van der Waals surface area contributed by atoms with E-state index in [0.29, 0.717) is 6.42 Å². The lowest BCUT2D eigenvalue weighted by Gasteiger charge is -2.08. The van der Waals surface area contributed by atoms with Crippen LogP contribution in [-0.4, -0.2) is 13.7 Å². The molecule has 0 heterocycles. The van der Waals surface area contributed by atoms with Crippen molar-refractivity contribution < 1.29 is 13.0 Å². The number of rotatable bonds is 3. The average Bonchev–Trinajstić information content (AvgIpc) is 1.60. The van der Waals surface area contributed by atoms with Crippen LogP contribution < -0.4 is 0 Å². The molecule has 3 nitrogen and oxygen atoms in total. The van der Waals surface area contributed by atoms with Gasteiger partial charge in [-0.2, -0.15) is 8.42 Å². The molecule has 0 fully saturated rings. The van der Waals surface area contributed by atoms with Gasteiger partial charge in [-0.15, -0.1) is 0 Å². The highest BCUT2D eigenvalue weighted by atomic mass is 32.2. The van der Waals surface area contributed by atoms with Gasteiger partial charge in [0.05, 0.1) is 5.25 Å². The summed E-state index contributed by atoms with van der Waals surface area (Å²) in [6.45, 7) is 5.23. The first kappa shape index (κ1) is 9.91. The first-order chi connectivity index (χ1) is 4.34. The molecule has 0 saturated heterocycles. The molecule has 0 amide bonds. The fraction of sp³-hybridized carbons (Fsp3) is 1.00. The molecule has 0 saturated carbocycles. The van der Waals surface area contributed by atoms with Crippen molar-refractivity contribution in [3.05, 3.63) is 0 Å². The molecule has 0 aromatic carbocycles. The highest BCUT2D eigenvalue weighted by Gasteiger charge is 2.19. The van der Waals surface area contributed by atoms with E-state index in [9.17, 15) is 13.0 Å². The zero-order valence-electron chi connectivity index (χ0n) is 6.49. The summed E-state index contributed by atoms with van der Waals surface area (Å²) in [7, 11) is -4.05. The second-order valence-corrected chi connectivity index (χ2v) is 4.72. The predicted octanol–water partition coefficient (Wildman–Crippen LogP) is 1.18. The highest BCUT2D eigenvalue weighted by Crippen LogP contribution is 2.10. The normalized spacial score (nSPS) is 15.7. The van der Waals surface area contributed by atoms with E-state index < -0.39 is 15.4 Å². The van der Waals surface area contributed by atoms with Gasteiger partial charge < -0.3 is 0 Å². The first-order valence-electron chi connectivity index (χ1n) is 3.28. The molecule has 0 N–H and O–H groups in total. The zero-order valence-corrected chi connectivity index (χ0v) is 7.31. The Kier molecular flexibility index (Phi) is 3.31. The van der Waals surface area contributed by atoms with E-state index in [-0.39, 0.29) is 5.92 Å². The quantitative estimate of drug-likeness (QED) is 0.630. The van der Waals surface area contributed by atoms with Gasteiger partial charge >= 0.3 is 0 Å². The van der Waals surface area contributed by atoms with Gasteiger partial charge in [0.2, 0.25) is 0 Å². The smallest absolute Gasteiger partial charge is 0.197 e. The molecule has 0 aliphatic heterocycles. The lowest BCUT2D eigenvalue weighted by molar-refractivity contribution is 0.394. The van der Waals surface area contributed by atoms with Gasteiger partial charge in [0.15, 0.2) is 0 Å². The van der Waals surface area contributed by atoms with Crippen molar-refractivity contribution in [2.75, 3.05) is 0 Å². The molecule has 10 heavy (non-hydrogen) atoms. The van der Waals surface area contributed by atoms with Crippen LogP contribution in [-0.2, 0) is 14.7 Å². The second-order valence-electron chi connectivity index (χ2n) is 2.93. The molecular formula is C6H13O3S. The fourth-order valence-electron chi connectivity index (χ4n) is 0.782. The summed E-state index contributed by atoms with van der Waals surface area (Å²) in [5.41, 5.74) is 0. The molecule has 1 unspecified atom stereocenters. The van der Waals surface area contributed by atoms with Gasteiger partial charge in [0.1, 0.15) is 0 Å². The van der Waals surface area contributed by atoms with Crippen LogP contribution in [0.25, 0.3) is 0 Å². The molecule has 0 aromatic heterocycles. The molecular weight excluding hydrogens is 152 g/mol. The Balaban J connectivity index is 3.99. The third-order valence-corrected chi connectivity index (χ3v) is 2.47. The highest BCUT2D eigenvalue weighted by molar-refractivity contribution is 7.86. The Morgan fingerprint density at radius 2 is 1.60 bits per heavy atom. The van der Waals surface area contributed by atoms with Crippen LogP contribution >= 0.6 is 0 Å². The van der Waals surface area contributed by atoms with Gasteiger partial charge in [0, 0.05) is 0 Å². The summed E-state index contributed by atoms with van der Waals surface area (Å²) in [4.78, 5) is 0. The molecule has 0 rings (SSSR count). The van der Waals surface area contributed by atoms with E-state index in [1.807, 2.05) is 13.8 Å². The maximum atomic E-state index is 10.3.